The predicted molar refractivity (Wildman–Crippen MR) is 111 cm³/mol. The highest BCUT2D eigenvalue weighted by Gasteiger charge is 2.24. The van der Waals surface area contributed by atoms with E-state index in [1.807, 2.05) is 36.9 Å². The zero-order valence-corrected chi connectivity index (χ0v) is 17.8. The van der Waals surface area contributed by atoms with Gasteiger partial charge in [-0.2, -0.15) is 0 Å². The molecule has 0 atom stereocenters. The van der Waals surface area contributed by atoms with Crippen LogP contribution in [0.2, 0.25) is 0 Å². The van der Waals surface area contributed by atoms with E-state index in [-0.39, 0.29) is 25.2 Å². The highest BCUT2D eigenvalue weighted by Crippen LogP contribution is 2.32. The highest BCUT2D eigenvalue weighted by molar-refractivity contribution is 5.97. The van der Waals surface area contributed by atoms with E-state index in [1.54, 1.807) is 35.1 Å². The molecule has 2 heterocycles. The van der Waals surface area contributed by atoms with Crippen LogP contribution in [-0.2, 0) is 23.1 Å². The molecule has 1 aliphatic heterocycles. The van der Waals surface area contributed by atoms with Crippen molar-refractivity contribution in [3.05, 3.63) is 47.8 Å². The highest BCUT2D eigenvalue weighted by atomic mass is 16.7. The second-order valence-corrected chi connectivity index (χ2v) is 7.21. The largest absolute Gasteiger partial charge is 0.454 e. The van der Waals surface area contributed by atoms with E-state index in [2.05, 4.69) is 0 Å². The maximum absolute atomic E-state index is 13.1. The lowest BCUT2D eigenvalue weighted by atomic mass is 10.1. The van der Waals surface area contributed by atoms with Gasteiger partial charge in [-0.1, -0.05) is 6.92 Å². The molecule has 3 rings (SSSR count). The Labute approximate surface area is 176 Å². The molecule has 30 heavy (non-hydrogen) atoms. The first-order chi connectivity index (χ1) is 14.5. The summed E-state index contributed by atoms with van der Waals surface area (Å²) in [7, 11) is 3.55. The van der Waals surface area contributed by atoms with E-state index >= 15 is 0 Å². The van der Waals surface area contributed by atoms with Crippen LogP contribution in [0.1, 0.15) is 29.4 Å². The number of ether oxygens (including phenoxy) is 3. The minimum atomic E-state index is -0.200. The lowest BCUT2D eigenvalue weighted by Gasteiger charge is -2.27. The summed E-state index contributed by atoms with van der Waals surface area (Å²) in [5.74, 6) is 0.858. The van der Waals surface area contributed by atoms with Crippen LogP contribution >= 0.6 is 0 Å². The Bertz CT molecular complexity index is 879. The number of amides is 2. The van der Waals surface area contributed by atoms with Gasteiger partial charge in [0.05, 0.1) is 13.2 Å². The summed E-state index contributed by atoms with van der Waals surface area (Å²) in [5.41, 5.74) is 1.50. The summed E-state index contributed by atoms with van der Waals surface area (Å²) in [5, 5.41) is 0. The molecule has 8 nitrogen and oxygen atoms in total. The first-order valence-corrected chi connectivity index (χ1v) is 10.1. The minimum absolute atomic E-state index is 0.00918. The minimum Gasteiger partial charge on any atom is -0.454 e. The van der Waals surface area contributed by atoms with Gasteiger partial charge in [0.2, 0.25) is 12.7 Å². The van der Waals surface area contributed by atoms with E-state index < -0.39 is 0 Å². The van der Waals surface area contributed by atoms with Crippen molar-refractivity contribution in [1.29, 1.82) is 0 Å². The summed E-state index contributed by atoms with van der Waals surface area (Å²) in [6, 6.07) is 9.03. The van der Waals surface area contributed by atoms with Crippen molar-refractivity contribution in [2.75, 3.05) is 40.1 Å². The first kappa shape index (κ1) is 21.7. The topological polar surface area (TPSA) is 73.2 Å². The van der Waals surface area contributed by atoms with Crippen LogP contribution < -0.4 is 9.47 Å². The molecule has 0 unspecified atom stereocenters. The van der Waals surface area contributed by atoms with Crippen molar-refractivity contribution in [3.8, 4) is 11.5 Å². The molecular formula is C22H29N3O5. The van der Waals surface area contributed by atoms with Crippen molar-refractivity contribution in [2.45, 2.75) is 19.9 Å². The van der Waals surface area contributed by atoms with Gasteiger partial charge in [-0.05, 0) is 36.8 Å². The molecule has 0 spiro atoms. The zero-order chi connectivity index (χ0) is 21.5. The smallest absolute Gasteiger partial charge is 0.254 e. The van der Waals surface area contributed by atoms with Gasteiger partial charge in [0, 0.05) is 44.7 Å². The van der Waals surface area contributed by atoms with Gasteiger partial charge in [0.1, 0.15) is 6.54 Å². The molecule has 2 amide bonds. The number of benzene rings is 1. The number of aromatic nitrogens is 1. The number of nitrogens with zero attached hydrogens (tertiary/aromatic N) is 3. The van der Waals surface area contributed by atoms with Crippen LogP contribution in [0.4, 0.5) is 0 Å². The fourth-order valence-electron chi connectivity index (χ4n) is 3.35. The molecular weight excluding hydrogens is 386 g/mol. The molecule has 162 valence electrons. The first-order valence-electron chi connectivity index (χ1n) is 10.1. The molecule has 1 aromatic carbocycles. The molecule has 0 saturated carbocycles. The van der Waals surface area contributed by atoms with Gasteiger partial charge in [0.25, 0.3) is 5.91 Å². The molecule has 1 aliphatic rings. The van der Waals surface area contributed by atoms with Crippen molar-refractivity contribution < 1.29 is 23.8 Å². The average Bonchev–Trinajstić information content (AvgIpc) is 3.38. The van der Waals surface area contributed by atoms with Gasteiger partial charge in [-0.3, -0.25) is 9.59 Å². The fourth-order valence-corrected chi connectivity index (χ4v) is 3.35. The summed E-state index contributed by atoms with van der Waals surface area (Å²) in [6.07, 6.45) is 2.69. The number of aryl methyl sites for hydroxylation is 1. The fraction of sp³-hybridized carbons (Fsp3) is 0.455. The molecule has 0 N–H and O–H groups in total. The van der Waals surface area contributed by atoms with E-state index in [0.29, 0.717) is 43.3 Å². The quantitative estimate of drug-likeness (QED) is 0.595. The third kappa shape index (κ3) is 5.13. The van der Waals surface area contributed by atoms with Crippen LogP contribution in [0.25, 0.3) is 0 Å². The number of fused-ring (bicyclic) bond motifs is 1. The number of carbonyl (C=O) groups is 2. The predicted octanol–water partition coefficient (Wildman–Crippen LogP) is 2.28. The zero-order valence-electron chi connectivity index (χ0n) is 17.8. The standard InChI is InChI=1S/C22H29N3O5/c1-4-9-25(22(27)17-7-8-19-20(13-17)30-16-29-19)15-21(26)24(11-12-28-3)14-18-6-5-10-23(18)2/h5-8,10,13H,4,9,11-12,14-16H2,1-3H3. The number of carbonyl (C=O) groups excluding carboxylic acids is 2. The summed E-state index contributed by atoms with van der Waals surface area (Å²) in [6.45, 7) is 3.98. The van der Waals surface area contributed by atoms with Crippen LogP contribution in [0.5, 0.6) is 11.5 Å². The SMILES string of the molecule is CCCN(CC(=O)N(CCOC)Cc1cccn1C)C(=O)c1ccc2c(c1)OCO2. The number of methoxy groups -OCH3 is 1. The maximum atomic E-state index is 13.1. The van der Waals surface area contributed by atoms with Gasteiger partial charge >= 0.3 is 0 Å². The van der Waals surface area contributed by atoms with Crippen molar-refractivity contribution in [2.24, 2.45) is 7.05 Å². The average molecular weight is 415 g/mol. The van der Waals surface area contributed by atoms with E-state index in [9.17, 15) is 9.59 Å². The third-order valence-electron chi connectivity index (χ3n) is 5.05. The van der Waals surface area contributed by atoms with Crippen molar-refractivity contribution >= 4 is 11.8 Å². The summed E-state index contributed by atoms with van der Waals surface area (Å²) < 4.78 is 17.8. The van der Waals surface area contributed by atoms with Crippen molar-refractivity contribution in [3.63, 3.8) is 0 Å². The molecule has 1 aromatic heterocycles. The molecule has 0 aliphatic carbocycles. The normalized spacial score (nSPS) is 12.1. The van der Waals surface area contributed by atoms with Gasteiger partial charge in [0.15, 0.2) is 11.5 Å². The second-order valence-electron chi connectivity index (χ2n) is 7.21. The molecule has 2 aromatic rings. The van der Waals surface area contributed by atoms with Crippen LogP contribution in [0, 0.1) is 0 Å². The number of rotatable bonds is 10. The summed E-state index contributed by atoms with van der Waals surface area (Å²) >= 11 is 0. The van der Waals surface area contributed by atoms with Crippen LogP contribution in [-0.4, -0.2) is 66.3 Å². The van der Waals surface area contributed by atoms with E-state index in [0.717, 1.165) is 12.1 Å². The van der Waals surface area contributed by atoms with Crippen LogP contribution in [0.15, 0.2) is 36.5 Å². The van der Waals surface area contributed by atoms with Gasteiger partial charge < -0.3 is 28.6 Å². The van der Waals surface area contributed by atoms with Gasteiger partial charge in [-0.25, -0.2) is 0 Å². The number of hydrogen-bond acceptors (Lipinski definition) is 5. The molecule has 8 heteroatoms. The molecule has 0 fully saturated rings. The molecule has 0 radical (unpaired) electrons. The van der Waals surface area contributed by atoms with Gasteiger partial charge in [-0.15, -0.1) is 0 Å². The van der Waals surface area contributed by atoms with Crippen molar-refractivity contribution in [1.82, 2.24) is 14.4 Å². The lowest BCUT2D eigenvalue weighted by Crippen LogP contribution is -2.44. The molecule has 0 bridgehead atoms. The Morgan fingerprint density at radius 1 is 1.13 bits per heavy atom. The van der Waals surface area contributed by atoms with Crippen LogP contribution in [0.3, 0.4) is 0 Å². The molecule has 0 saturated heterocycles. The Kier molecular flexibility index (Phi) is 7.35. The van der Waals surface area contributed by atoms with E-state index in [4.69, 9.17) is 14.2 Å². The lowest BCUT2D eigenvalue weighted by molar-refractivity contribution is -0.133. The Morgan fingerprint density at radius 3 is 2.63 bits per heavy atom. The van der Waals surface area contributed by atoms with E-state index in [1.165, 1.54) is 0 Å². The maximum Gasteiger partial charge on any atom is 0.254 e. The number of hydrogen-bond donors (Lipinski definition) is 0. The Hall–Kier alpha value is -3.00. The third-order valence-corrected chi connectivity index (χ3v) is 5.05. The summed E-state index contributed by atoms with van der Waals surface area (Å²) in [4.78, 5) is 29.5. The monoisotopic (exact) mass is 415 g/mol. The Morgan fingerprint density at radius 2 is 1.93 bits per heavy atom. The second kappa shape index (κ2) is 10.2. The Balaban J connectivity index is 1.73.